The Morgan fingerprint density at radius 2 is 1.70 bits per heavy atom. The molecule has 0 radical (unpaired) electrons. The van der Waals surface area contributed by atoms with E-state index in [4.69, 9.17) is 0 Å². The van der Waals surface area contributed by atoms with Crippen molar-refractivity contribution in [1.82, 2.24) is 10.2 Å². The second-order valence-electron chi connectivity index (χ2n) is 6.69. The molecule has 1 amide bonds. The number of nitrogens with zero attached hydrogens (tertiary/aromatic N) is 1. The second-order valence-corrected chi connectivity index (χ2v) is 6.69. The van der Waals surface area contributed by atoms with Crippen molar-refractivity contribution in [2.75, 3.05) is 13.1 Å². The van der Waals surface area contributed by atoms with Crippen LogP contribution in [0.15, 0.2) is 60.7 Å². The maximum atomic E-state index is 12.6. The number of carbonyl (C=O) groups is 2. The van der Waals surface area contributed by atoms with E-state index < -0.39 is 12.0 Å². The van der Waals surface area contributed by atoms with Gasteiger partial charge in [-0.1, -0.05) is 60.7 Å². The third kappa shape index (κ3) is 5.81. The monoisotopic (exact) mass is 388 g/mol. The van der Waals surface area contributed by atoms with Crippen LogP contribution in [0.5, 0.6) is 0 Å². The van der Waals surface area contributed by atoms with Crippen molar-refractivity contribution in [3.63, 3.8) is 0 Å². The predicted molar refractivity (Wildman–Crippen MR) is 107 cm³/mol. The number of carbonyl (C=O) groups excluding carboxylic acids is 1. The van der Waals surface area contributed by atoms with Crippen molar-refractivity contribution in [2.45, 2.75) is 31.3 Å². The summed E-state index contributed by atoms with van der Waals surface area (Å²) in [5.74, 6) is -0.984. The van der Waals surface area contributed by atoms with Crippen LogP contribution in [0.25, 0.3) is 0 Å². The molecule has 3 rings (SSSR count). The number of hydrogen-bond donors (Lipinski definition) is 2. The van der Waals surface area contributed by atoms with Gasteiger partial charge >= 0.3 is 5.97 Å². The van der Waals surface area contributed by atoms with Gasteiger partial charge in [0.05, 0.1) is 12.6 Å². The molecule has 1 saturated heterocycles. The summed E-state index contributed by atoms with van der Waals surface area (Å²) in [6.45, 7) is 0.772. The number of likely N-dealkylation sites (tertiary alicyclic amines) is 1. The summed E-state index contributed by atoms with van der Waals surface area (Å²) < 4.78 is 0. The van der Waals surface area contributed by atoms with Gasteiger partial charge in [0.1, 0.15) is 6.04 Å². The van der Waals surface area contributed by atoms with Crippen molar-refractivity contribution in [3.8, 4) is 0 Å². The molecule has 2 aromatic rings. The van der Waals surface area contributed by atoms with Gasteiger partial charge in [0.15, 0.2) is 0 Å². The quantitative estimate of drug-likeness (QED) is 0.764. The van der Waals surface area contributed by atoms with Crippen LogP contribution >= 0.6 is 12.4 Å². The number of carboxylic acids is 1. The SMILES string of the molecule is Cl.O=C(CN1CCC[C@@H]1C(=O)O)NC(Cc1ccccc1)c1ccccc1. The molecule has 1 heterocycles. The van der Waals surface area contributed by atoms with Crippen LogP contribution in [0.4, 0.5) is 0 Å². The Morgan fingerprint density at radius 1 is 1.07 bits per heavy atom. The average molecular weight is 389 g/mol. The van der Waals surface area contributed by atoms with E-state index >= 15 is 0 Å². The minimum atomic E-state index is -0.848. The summed E-state index contributed by atoms with van der Waals surface area (Å²) in [4.78, 5) is 25.7. The van der Waals surface area contributed by atoms with E-state index in [9.17, 15) is 14.7 Å². The van der Waals surface area contributed by atoms with Gasteiger partial charge in [-0.15, -0.1) is 12.4 Å². The van der Waals surface area contributed by atoms with Crippen LogP contribution in [-0.4, -0.2) is 41.0 Å². The summed E-state index contributed by atoms with van der Waals surface area (Å²) in [7, 11) is 0. The second kappa shape index (κ2) is 10.1. The molecule has 0 aliphatic carbocycles. The number of benzene rings is 2. The number of nitrogens with one attached hydrogen (secondary N) is 1. The maximum Gasteiger partial charge on any atom is 0.320 e. The molecule has 144 valence electrons. The summed E-state index contributed by atoms with van der Waals surface area (Å²) in [5, 5.41) is 12.4. The molecule has 5 nitrogen and oxygen atoms in total. The van der Waals surface area contributed by atoms with Gasteiger partial charge in [0, 0.05) is 0 Å². The minimum Gasteiger partial charge on any atom is -0.480 e. The number of amides is 1. The first-order valence-corrected chi connectivity index (χ1v) is 8.98. The van der Waals surface area contributed by atoms with Crippen LogP contribution in [0.3, 0.4) is 0 Å². The summed E-state index contributed by atoms with van der Waals surface area (Å²) >= 11 is 0. The lowest BCUT2D eigenvalue weighted by atomic mass is 9.99. The number of aliphatic carboxylic acids is 1. The third-order valence-electron chi connectivity index (χ3n) is 4.82. The summed E-state index contributed by atoms with van der Waals surface area (Å²) in [6, 6.07) is 19.2. The van der Waals surface area contributed by atoms with E-state index in [-0.39, 0.29) is 30.9 Å². The zero-order valence-corrected chi connectivity index (χ0v) is 15.9. The fraction of sp³-hybridized carbons (Fsp3) is 0.333. The van der Waals surface area contributed by atoms with Crippen LogP contribution in [0, 0.1) is 0 Å². The molecule has 1 unspecified atom stereocenters. The lowest BCUT2D eigenvalue weighted by Crippen LogP contribution is -2.44. The first-order valence-electron chi connectivity index (χ1n) is 8.98. The van der Waals surface area contributed by atoms with Gasteiger partial charge in [-0.3, -0.25) is 14.5 Å². The van der Waals surface area contributed by atoms with E-state index in [2.05, 4.69) is 5.32 Å². The Bertz CT molecular complexity index is 740. The molecule has 1 aliphatic rings. The number of rotatable bonds is 7. The molecule has 2 N–H and O–H groups in total. The van der Waals surface area contributed by atoms with Gasteiger partial charge in [0.25, 0.3) is 0 Å². The average Bonchev–Trinajstić information content (AvgIpc) is 3.11. The number of carboxylic acid groups (broad SMARTS) is 1. The molecule has 1 fully saturated rings. The van der Waals surface area contributed by atoms with E-state index in [0.717, 1.165) is 17.5 Å². The molecular formula is C21H25ClN2O3. The predicted octanol–water partition coefficient (Wildman–Crippen LogP) is 3.06. The van der Waals surface area contributed by atoms with Crippen LogP contribution in [-0.2, 0) is 16.0 Å². The fourth-order valence-electron chi connectivity index (χ4n) is 3.51. The largest absolute Gasteiger partial charge is 0.480 e. The highest BCUT2D eigenvalue weighted by atomic mass is 35.5. The van der Waals surface area contributed by atoms with E-state index in [0.29, 0.717) is 19.4 Å². The first-order chi connectivity index (χ1) is 12.6. The Labute approximate surface area is 165 Å². The Kier molecular flexibility index (Phi) is 7.82. The van der Waals surface area contributed by atoms with Gasteiger partial charge in [-0.05, 0) is 36.9 Å². The van der Waals surface area contributed by atoms with Crippen molar-refractivity contribution in [2.24, 2.45) is 0 Å². The third-order valence-corrected chi connectivity index (χ3v) is 4.82. The Morgan fingerprint density at radius 3 is 2.33 bits per heavy atom. The first kappa shape index (κ1) is 20.9. The highest BCUT2D eigenvalue weighted by Crippen LogP contribution is 2.20. The molecule has 27 heavy (non-hydrogen) atoms. The maximum absolute atomic E-state index is 12.6. The number of hydrogen-bond acceptors (Lipinski definition) is 3. The molecule has 0 bridgehead atoms. The molecule has 0 spiro atoms. The zero-order valence-electron chi connectivity index (χ0n) is 15.1. The molecule has 0 saturated carbocycles. The van der Waals surface area contributed by atoms with Crippen LogP contribution in [0.1, 0.15) is 30.0 Å². The normalized spacial score (nSPS) is 17.7. The Balaban J connectivity index is 0.00000261. The minimum absolute atomic E-state index is 0. The fourth-order valence-corrected chi connectivity index (χ4v) is 3.51. The smallest absolute Gasteiger partial charge is 0.320 e. The topological polar surface area (TPSA) is 69.6 Å². The molecule has 2 aromatic carbocycles. The lowest BCUT2D eigenvalue weighted by molar-refractivity contribution is -0.142. The molecule has 1 aliphatic heterocycles. The molecule has 0 aromatic heterocycles. The zero-order chi connectivity index (χ0) is 18.4. The van der Waals surface area contributed by atoms with Gasteiger partial charge in [0.2, 0.25) is 5.91 Å². The van der Waals surface area contributed by atoms with Gasteiger partial charge in [-0.2, -0.15) is 0 Å². The van der Waals surface area contributed by atoms with Crippen molar-refractivity contribution >= 4 is 24.3 Å². The highest BCUT2D eigenvalue weighted by molar-refractivity contribution is 5.85. The van der Waals surface area contributed by atoms with E-state index in [1.54, 1.807) is 4.90 Å². The highest BCUT2D eigenvalue weighted by Gasteiger charge is 2.32. The van der Waals surface area contributed by atoms with E-state index in [1.807, 2.05) is 60.7 Å². The van der Waals surface area contributed by atoms with Crippen LogP contribution < -0.4 is 5.32 Å². The van der Waals surface area contributed by atoms with Gasteiger partial charge in [-0.25, -0.2) is 0 Å². The van der Waals surface area contributed by atoms with Crippen LogP contribution in [0.2, 0.25) is 0 Å². The molecule has 6 heteroatoms. The van der Waals surface area contributed by atoms with Crippen molar-refractivity contribution < 1.29 is 14.7 Å². The van der Waals surface area contributed by atoms with E-state index in [1.165, 1.54) is 0 Å². The lowest BCUT2D eigenvalue weighted by Gasteiger charge is -2.24. The summed E-state index contributed by atoms with van der Waals surface area (Å²) in [6.07, 6.45) is 2.12. The van der Waals surface area contributed by atoms with Gasteiger partial charge < -0.3 is 10.4 Å². The number of halogens is 1. The Hall–Kier alpha value is -2.37. The van der Waals surface area contributed by atoms with Crippen molar-refractivity contribution in [3.05, 3.63) is 71.8 Å². The van der Waals surface area contributed by atoms with Crippen molar-refractivity contribution in [1.29, 1.82) is 0 Å². The summed E-state index contributed by atoms with van der Waals surface area (Å²) in [5.41, 5.74) is 2.19. The molecular weight excluding hydrogens is 364 g/mol. The molecule has 2 atom stereocenters. The standard InChI is InChI=1S/C21H24N2O3.ClH/c24-20(15-23-13-7-12-19(23)21(25)26)22-18(17-10-5-2-6-11-17)14-16-8-3-1-4-9-16;/h1-6,8-11,18-19H,7,12-15H2,(H,22,24)(H,25,26);1H/t18?,19-;/m1./s1.